The van der Waals surface area contributed by atoms with Crippen molar-refractivity contribution in [2.24, 2.45) is 5.73 Å². The first-order chi connectivity index (χ1) is 9.61. The molecular weight excluding hydrogens is 262 g/mol. The maximum atomic E-state index is 11.2. The van der Waals surface area contributed by atoms with Gasteiger partial charge in [0.2, 0.25) is 0 Å². The van der Waals surface area contributed by atoms with Crippen LogP contribution in [-0.2, 0) is 16.1 Å². The molecule has 110 valence electrons. The van der Waals surface area contributed by atoms with Crippen molar-refractivity contribution in [2.45, 2.75) is 6.54 Å². The lowest BCUT2D eigenvalue weighted by Crippen LogP contribution is -2.38. The van der Waals surface area contributed by atoms with Crippen molar-refractivity contribution in [3.05, 3.63) is 29.8 Å². The molecule has 0 atom stereocenters. The quantitative estimate of drug-likeness (QED) is 0.582. The summed E-state index contributed by atoms with van der Waals surface area (Å²) >= 11 is 0. The Kier molecular flexibility index (Phi) is 7.08. The topological polar surface area (TPSA) is 103 Å². The number of primary amides is 1. The van der Waals surface area contributed by atoms with Crippen molar-refractivity contribution in [1.82, 2.24) is 10.6 Å². The van der Waals surface area contributed by atoms with Gasteiger partial charge < -0.3 is 20.5 Å². The molecule has 0 spiro atoms. The van der Waals surface area contributed by atoms with E-state index in [9.17, 15) is 9.59 Å². The predicted molar refractivity (Wildman–Crippen MR) is 73.2 cm³/mol. The molecule has 0 saturated carbocycles. The van der Waals surface area contributed by atoms with Crippen LogP contribution in [0.3, 0.4) is 0 Å². The van der Waals surface area contributed by atoms with Crippen LogP contribution in [0.5, 0.6) is 5.75 Å². The van der Waals surface area contributed by atoms with Gasteiger partial charge in [-0.2, -0.15) is 0 Å². The maximum absolute atomic E-state index is 11.2. The van der Waals surface area contributed by atoms with Crippen LogP contribution in [0.1, 0.15) is 5.56 Å². The second-order valence-corrected chi connectivity index (χ2v) is 4.02. The van der Waals surface area contributed by atoms with Crippen molar-refractivity contribution in [3.63, 3.8) is 0 Å². The van der Waals surface area contributed by atoms with Gasteiger partial charge >= 0.3 is 6.03 Å². The highest BCUT2D eigenvalue weighted by Gasteiger charge is 2.05. The van der Waals surface area contributed by atoms with Gasteiger partial charge in [0.25, 0.3) is 5.91 Å². The minimum atomic E-state index is -0.894. The van der Waals surface area contributed by atoms with Gasteiger partial charge in [-0.3, -0.25) is 10.1 Å². The molecule has 0 saturated heterocycles. The molecule has 1 aromatic rings. The van der Waals surface area contributed by atoms with E-state index < -0.39 is 11.9 Å². The first kappa shape index (κ1) is 15.9. The normalized spacial score (nSPS) is 10.1. The first-order valence-corrected chi connectivity index (χ1v) is 6.12. The number of imide groups is 1. The van der Waals surface area contributed by atoms with Crippen LogP contribution >= 0.6 is 0 Å². The fraction of sp³-hybridized carbons (Fsp3) is 0.385. The Morgan fingerprint density at radius 3 is 2.85 bits per heavy atom. The fourth-order valence-corrected chi connectivity index (χ4v) is 1.47. The highest BCUT2D eigenvalue weighted by molar-refractivity contribution is 5.94. The van der Waals surface area contributed by atoms with Gasteiger partial charge in [0.05, 0.1) is 6.61 Å². The monoisotopic (exact) mass is 281 g/mol. The third kappa shape index (κ3) is 6.72. The number of methoxy groups -OCH3 is 1. The molecule has 3 amide bonds. The summed E-state index contributed by atoms with van der Waals surface area (Å²) in [7, 11) is 1.65. The second kappa shape index (κ2) is 8.89. The molecule has 0 aliphatic carbocycles. The molecule has 0 fully saturated rings. The van der Waals surface area contributed by atoms with Gasteiger partial charge in [-0.15, -0.1) is 0 Å². The molecule has 0 aromatic heterocycles. The largest absolute Gasteiger partial charge is 0.484 e. The molecule has 7 heteroatoms. The van der Waals surface area contributed by atoms with Gasteiger partial charge in [-0.05, 0) is 17.7 Å². The Balaban J connectivity index is 2.39. The van der Waals surface area contributed by atoms with E-state index in [1.165, 1.54) is 0 Å². The molecule has 0 heterocycles. The summed E-state index contributed by atoms with van der Waals surface area (Å²) in [4.78, 5) is 21.7. The van der Waals surface area contributed by atoms with Gasteiger partial charge in [0.15, 0.2) is 6.61 Å². The van der Waals surface area contributed by atoms with Crippen LogP contribution in [0.15, 0.2) is 24.3 Å². The lowest BCUT2D eigenvalue weighted by atomic mass is 10.2. The van der Waals surface area contributed by atoms with Crippen LogP contribution in [-0.4, -0.2) is 38.8 Å². The number of rotatable bonds is 8. The molecule has 1 rings (SSSR count). The van der Waals surface area contributed by atoms with Crippen molar-refractivity contribution in [3.8, 4) is 5.75 Å². The number of carbonyl (C=O) groups is 2. The van der Waals surface area contributed by atoms with E-state index in [2.05, 4.69) is 5.32 Å². The van der Waals surface area contributed by atoms with E-state index in [0.29, 0.717) is 18.9 Å². The minimum Gasteiger partial charge on any atom is -0.484 e. The second-order valence-electron chi connectivity index (χ2n) is 4.02. The van der Waals surface area contributed by atoms with Crippen molar-refractivity contribution < 1.29 is 19.1 Å². The Hall–Kier alpha value is -2.12. The molecule has 7 nitrogen and oxygen atoms in total. The van der Waals surface area contributed by atoms with Crippen LogP contribution in [0, 0.1) is 0 Å². The van der Waals surface area contributed by atoms with Gasteiger partial charge in [0, 0.05) is 20.2 Å². The number of urea groups is 1. The summed E-state index contributed by atoms with van der Waals surface area (Å²) in [6.45, 7) is 1.81. The van der Waals surface area contributed by atoms with E-state index >= 15 is 0 Å². The predicted octanol–water partition coefficient (Wildman–Crippen LogP) is -0.00370. The zero-order valence-corrected chi connectivity index (χ0v) is 11.3. The lowest BCUT2D eigenvalue weighted by Gasteiger charge is -2.08. The van der Waals surface area contributed by atoms with Crippen LogP contribution < -0.4 is 21.1 Å². The molecule has 20 heavy (non-hydrogen) atoms. The van der Waals surface area contributed by atoms with E-state index in [4.69, 9.17) is 15.2 Å². The number of hydrogen-bond acceptors (Lipinski definition) is 5. The van der Waals surface area contributed by atoms with Crippen LogP contribution in [0.2, 0.25) is 0 Å². The van der Waals surface area contributed by atoms with E-state index in [-0.39, 0.29) is 6.61 Å². The molecule has 0 aliphatic heterocycles. The number of nitrogens with two attached hydrogens (primary N) is 1. The number of amides is 3. The summed E-state index contributed by atoms with van der Waals surface area (Å²) in [5, 5.41) is 5.12. The van der Waals surface area contributed by atoms with Crippen molar-refractivity contribution in [1.29, 1.82) is 0 Å². The average Bonchev–Trinajstić information content (AvgIpc) is 2.41. The summed E-state index contributed by atoms with van der Waals surface area (Å²) in [6.07, 6.45) is 0. The summed E-state index contributed by atoms with van der Waals surface area (Å²) in [6, 6.07) is 6.42. The molecule has 0 unspecified atom stereocenters. The number of benzene rings is 1. The van der Waals surface area contributed by atoms with Gasteiger partial charge in [-0.1, -0.05) is 12.1 Å². The third-order valence-electron chi connectivity index (χ3n) is 2.34. The maximum Gasteiger partial charge on any atom is 0.318 e. The fourth-order valence-electron chi connectivity index (χ4n) is 1.47. The van der Waals surface area contributed by atoms with Gasteiger partial charge in [0.1, 0.15) is 5.75 Å². The minimum absolute atomic E-state index is 0.260. The number of nitrogens with one attached hydrogen (secondary N) is 2. The summed E-state index contributed by atoms with van der Waals surface area (Å²) < 4.78 is 10.2. The number of ether oxygens (including phenoxy) is 2. The first-order valence-electron chi connectivity index (χ1n) is 6.12. The third-order valence-corrected chi connectivity index (χ3v) is 2.34. The number of carbonyl (C=O) groups excluding carboxylic acids is 2. The highest BCUT2D eigenvalue weighted by atomic mass is 16.5. The summed E-state index contributed by atoms with van der Waals surface area (Å²) in [5.41, 5.74) is 5.84. The Labute approximate surface area is 117 Å². The van der Waals surface area contributed by atoms with E-state index in [1.54, 1.807) is 13.2 Å². The molecule has 0 radical (unpaired) electrons. The molecular formula is C13H19N3O4. The average molecular weight is 281 g/mol. The SMILES string of the molecule is COCCNCc1cccc(OCC(=O)NC(N)=O)c1. The van der Waals surface area contributed by atoms with Crippen LogP contribution in [0.25, 0.3) is 0 Å². The molecule has 1 aromatic carbocycles. The molecule has 0 aliphatic rings. The Morgan fingerprint density at radius 2 is 2.15 bits per heavy atom. The zero-order valence-electron chi connectivity index (χ0n) is 11.3. The number of hydrogen-bond donors (Lipinski definition) is 3. The van der Waals surface area contributed by atoms with Crippen LogP contribution in [0.4, 0.5) is 4.79 Å². The Morgan fingerprint density at radius 1 is 1.35 bits per heavy atom. The van der Waals surface area contributed by atoms with Crippen molar-refractivity contribution in [2.75, 3.05) is 26.9 Å². The molecule has 4 N–H and O–H groups in total. The zero-order chi connectivity index (χ0) is 14.8. The summed E-state index contributed by atoms with van der Waals surface area (Å²) in [5.74, 6) is -0.0308. The highest BCUT2D eigenvalue weighted by Crippen LogP contribution is 2.12. The Bertz CT molecular complexity index is 451. The van der Waals surface area contributed by atoms with E-state index in [1.807, 2.05) is 23.5 Å². The molecule has 0 bridgehead atoms. The lowest BCUT2D eigenvalue weighted by molar-refractivity contribution is -0.121. The van der Waals surface area contributed by atoms with E-state index in [0.717, 1.165) is 12.1 Å². The van der Waals surface area contributed by atoms with Crippen molar-refractivity contribution >= 4 is 11.9 Å². The standard InChI is InChI=1S/C13H19N3O4/c1-19-6-5-15-8-10-3-2-4-11(7-10)20-9-12(17)16-13(14)18/h2-4,7,15H,5-6,8-9H2,1H3,(H3,14,16,17,18). The van der Waals surface area contributed by atoms with Gasteiger partial charge in [-0.25, -0.2) is 4.79 Å². The smallest absolute Gasteiger partial charge is 0.318 e.